The van der Waals surface area contributed by atoms with Gasteiger partial charge < -0.3 is 15.0 Å². The summed E-state index contributed by atoms with van der Waals surface area (Å²) in [5.74, 6) is -0.0817. The average molecular weight is 302 g/mol. The molecule has 0 unspecified atom stereocenters. The number of hydrogen-bond donors (Lipinski definition) is 1. The van der Waals surface area contributed by atoms with Gasteiger partial charge in [0.05, 0.1) is 0 Å². The van der Waals surface area contributed by atoms with Gasteiger partial charge in [-0.1, -0.05) is 30.3 Å². The maximum Gasteiger partial charge on any atom is 0.248 e. The fraction of sp³-hybridized carbons (Fsp3) is 0.412. The smallest absolute Gasteiger partial charge is 0.248 e. The van der Waals surface area contributed by atoms with Gasteiger partial charge in [0, 0.05) is 32.3 Å². The summed E-state index contributed by atoms with van der Waals surface area (Å²) < 4.78 is 4.85. The van der Waals surface area contributed by atoms with Crippen molar-refractivity contribution in [3.8, 4) is 0 Å². The van der Waals surface area contributed by atoms with Crippen LogP contribution < -0.4 is 5.32 Å². The highest BCUT2D eigenvalue weighted by molar-refractivity contribution is 5.91. The monoisotopic (exact) mass is 302 g/mol. The molecule has 1 saturated heterocycles. The number of hydrogen-bond acceptors (Lipinski definition) is 3. The van der Waals surface area contributed by atoms with E-state index >= 15 is 0 Å². The number of carbonyl (C=O) groups is 2. The fourth-order valence-corrected chi connectivity index (χ4v) is 2.47. The minimum absolute atomic E-state index is 0.0104. The zero-order chi connectivity index (χ0) is 15.8. The number of methoxy groups -OCH3 is 1. The number of nitrogens with one attached hydrogen (secondary N) is 1. The molecule has 5 heteroatoms. The third-order valence-corrected chi connectivity index (χ3v) is 3.69. The molecular formula is C17H22N2O3. The van der Waals surface area contributed by atoms with Crippen molar-refractivity contribution in [2.75, 3.05) is 26.8 Å². The second-order valence-corrected chi connectivity index (χ2v) is 5.34. The Labute approximate surface area is 130 Å². The number of carbonyl (C=O) groups excluding carboxylic acids is 2. The lowest BCUT2D eigenvalue weighted by molar-refractivity contribution is -0.136. The molecule has 118 valence electrons. The van der Waals surface area contributed by atoms with E-state index in [0.717, 1.165) is 18.4 Å². The number of piperidine rings is 1. The Morgan fingerprint density at radius 2 is 1.95 bits per heavy atom. The maximum absolute atomic E-state index is 11.9. The van der Waals surface area contributed by atoms with Crippen molar-refractivity contribution >= 4 is 17.9 Å². The molecule has 0 spiro atoms. The van der Waals surface area contributed by atoms with Crippen molar-refractivity contribution in [3.63, 3.8) is 0 Å². The molecule has 0 saturated carbocycles. The first-order chi connectivity index (χ1) is 10.7. The predicted molar refractivity (Wildman–Crippen MR) is 85.1 cm³/mol. The summed E-state index contributed by atoms with van der Waals surface area (Å²) in [6.07, 6.45) is 4.91. The van der Waals surface area contributed by atoms with E-state index < -0.39 is 0 Å². The predicted octanol–water partition coefficient (Wildman–Crippen LogP) is 1.45. The van der Waals surface area contributed by atoms with E-state index in [1.807, 2.05) is 30.3 Å². The Morgan fingerprint density at radius 1 is 1.27 bits per heavy atom. The van der Waals surface area contributed by atoms with Crippen LogP contribution in [0.25, 0.3) is 6.08 Å². The molecule has 1 aromatic rings. The van der Waals surface area contributed by atoms with Crippen LogP contribution in [0.5, 0.6) is 0 Å². The minimum Gasteiger partial charge on any atom is -0.375 e. The van der Waals surface area contributed by atoms with Crippen molar-refractivity contribution < 1.29 is 14.3 Å². The molecule has 1 aliphatic heterocycles. The summed E-state index contributed by atoms with van der Waals surface area (Å²) in [5.41, 5.74) is 0.998. The van der Waals surface area contributed by atoms with Gasteiger partial charge in [0.15, 0.2) is 0 Å². The van der Waals surface area contributed by atoms with Crippen LogP contribution >= 0.6 is 0 Å². The van der Waals surface area contributed by atoms with Crippen molar-refractivity contribution in [3.05, 3.63) is 42.0 Å². The molecule has 1 aliphatic rings. The summed E-state index contributed by atoms with van der Waals surface area (Å²) in [6.45, 7) is 1.45. The van der Waals surface area contributed by atoms with Gasteiger partial charge >= 0.3 is 0 Å². The topological polar surface area (TPSA) is 58.6 Å². The largest absolute Gasteiger partial charge is 0.375 e. The molecule has 2 amide bonds. The van der Waals surface area contributed by atoms with E-state index in [4.69, 9.17) is 4.74 Å². The van der Waals surface area contributed by atoms with Crippen LogP contribution in [0.1, 0.15) is 18.4 Å². The number of ether oxygens (including phenoxy) is 1. The lowest BCUT2D eigenvalue weighted by Gasteiger charge is -2.32. The van der Waals surface area contributed by atoms with E-state index in [0.29, 0.717) is 13.1 Å². The summed E-state index contributed by atoms with van der Waals surface area (Å²) in [6, 6.07) is 9.83. The highest BCUT2D eigenvalue weighted by Gasteiger charge is 2.23. The molecule has 0 aromatic heterocycles. The first kappa shape index (κ1) is 16.2. The second-order valence-electron chi connectivity index (χ2n) is 5.34. The summed E-state index contributed by atoms with van der Waals surface area (Å²) in [5, 5.41) is 2.99. The Balaban J connectivity index is 1.75. The number of nitrogens with zero attached hydrogens (tertiary/aromatic N) is 1. The van der Waals surface area contributed by atoms with Crippen LogP contribution in [0.2, 0.25) is 0 Å². The molecule has 0 radical (unpaired) electrons. The number of likely N-dealkylation sites (tertiary alicyclic amines) is 1. The fourth-order valence-electron chi connectivity index (χ4n) is 2.47. The highest BCUT2D eigenvalue weighted by atomic mass is 16.5. The van der Waals surface area contributed by atoms with Crippen molar-refractivity contribution in [2.45, 2.75) is 18.9 Å². The van der Waals surface area contributed by atoms with Crippen molar-refractivity contribution in [1.82, 2.24) is 10.2 Å². The Morgan fingerprint density at radius 3 is 2.59 bits per heavy atom. The third-order valence-electron chi connectivity index (χ3n) is 3.69. The lowest BCUT2D eigenvalue weighted by Crippen LogP contribution is -2.47. The van der Waals surface area contributed by atoms with Gasteiger partial charge in [-0.2, -0.15) is 0 Å². The molecule has 1 heterocycles. The molecule has 0 aliphatic carbocycles. The molecular weight excluding hydrogens is 280 g/mol. The quantitative estimate of drug-likeness (QED) is 0.838. The minimum atomic E-state index is -0.0921. The van der Waals surface area contributed by atoms with Crippen LogP contribution in [0, 0.1) is 0 Å². The number of amides is 2. The van der Waals surface area contributed by atoms with Crippen molar-refractivity contribution in [1.29, 1.82) is 0 Å². The first-order valence-electron chi connectivity index (χ1n) is 7.49. The van der Waals surface area contributed by atoms with Crippen molar-refractivity contribution in [2.24, 2.45) is 0 Å². The Kier molecular flexibility index (Phi) is 6.15. The summed E-state index contributed by atoms with van der Waals surface area (Å²) in [4.78, 5) is 25.4. The van der Waals surface area contributed by atoms with E-state index in [1.165, 1.54) is 7.11 Å². The van der Waals surface area contributed by atoms with Crippen LogP contribution in [0.15, 0.2) is 36.4 Å². The zero-order valence-corrected chi connectivity index (χ0v) is 12.8. The van der Waals surface area contributed by atoms with Gasteiger partial charge in [-0.25, -0.2) is 0 Å². The molecule has 2 rings (SSSR count). The number of rotatable bonds is 5. The molecule has 1 N–H and O–H groups in total. The molecule has 1 fully saturated rings. The first-order valence-corrected chi connectivity index (χ1v) is 7.49. The van der Waals surface area contributed by atoms with Gasteiger partial charge in [-0.05, 0) is 24.5 Å². The molecule has 1 aromatic carbocycles. The van der Waals surface area contributed by atoms with Gasteiger partial charge in [-0.15, -0.1) is 0 Å². The Bertz CT molecular complexity index is 520. The molecule has 22 heavy (non-hydrogen) atoms. The second kappa shape index (κ2) is 8.34. The van der Waals surface area contributed by atoms with Gasteiger partial charge in [-0.3, -0.25) is 9.59 Å². The maximum atomic E-state index is 11.9. The van der Waals surface area contributed by atoms with E-state index in [9.17, 15) is 9.59 Å². The standard InChI is InChI=1S/C17H22N2O3/c1-22-13-17(21)19-11-9-15(10-12-19)18-16(20)8-7-14-5-3-2-4-6-14/h2-8,15H,9-13H2,1H3,(H,18,20)/b8-7+. The zero-order valence-electron chi connectivity index (χ0n) is 12.8. The van der Waals surface area contributed by atoms with Gasteiger partial charge in [0.1, 0.15) is 6.61 Å². The molecule has 5 nitrogen and oxygen atoms in total. The Hall–Kier alpha value is -2.14. The van der Waals surface area contributed by atoms with Crippen LogP contribution in [-0.4, -0.2) is 49.6 Å². The average Bonchev–Trinajstić information content (AvgIpc) is 2.55. The van der Waals surface area contributed by atoms with Gasteiger partial charge in [0.25, 0.3) is 0 Å². The lowest BCUT2D eigenvalue weighted by atomic mass is 10.0. The molecule has 0 atom stereocenters. The third kappa shape index (κ3) is 5.00. The highest BCUT2D eigenvalue weighted by Crippen LogP contribution is 2.11. The number of benzene rings is 1. The van der Waals surface area contributed by atoms with Crippen LogP contribution in [-0.2, 0) is 14.3 Å². The normalized spacial score (nSPS) is 16.0. The van der Waals surface area contributed by atoms with Crippen LogP contribution in [0.3, 0.4) is 0 Å². The SMILES string of the molecule is COCC(=O)N1CCC(NC(=O)/C=C/c2ccccc2)CC1. The van der Waals surface area contributed by atoms with E-state index in [1.54, 1.807) is 17.1 Å². The van der Waals surface area contributed by atoms with E-state index in [-0.39, 0.29) is 24.5 Å². The van der Waals surface area contributed by atoms with Gasteiger partial charge in [0.2, 0.25) is 11.8 Å². The summed E-state index contributed by atoms with van der Waals surface area (Å²) in [7, 11) is 1.52. The van der Waals surface area contributed by atoms with Crippen LogP contribution in [0.4, 0.5) is 0 Å². The van der Waals surface area contributed by atoms with E-state index in [2.05, 4.69) is 5.32 Å². The summed E-state index contributed by atoms with van der Waals surface area (Å²) >= 11 is 0. The molecule has 0 bridgehead atoms.